The first-order valence-corrected chi connectivity index (χ1v) is 12.2. The standard InChI is InChI=1S/C26H19ClFN3O4S/c1-3-35-19-8-7-14(10-13(19)2)23(32)21-22(17-6-4-5-9-29-17)31(25(34)24(21)33)26-30-18-11-15(27)16(28)12-20(18)36-26/h4-12,22,32H,3H2,1-2H3/b23-21+. The third kappa shape index (κ3) is 4.00. The molecule has 0 saturated carbocycles. The molecule has 1 unspecified atom stereocenters. The van der Waals surface area contributed by atoms with Crippen molar-refractivity contribution in [2.45, 2.75) is 19.9 Å². The van der Waals surface area contributed by atoms with Crippen LogP contribution < -0.4 is 9.64 Å². The quantitative estimate of drug-likeness (QED) is 0.201. The molecule has 1 fully saturated rings. The Labute approximate surface area is 214 Å². The molecule has 0 radical (unpaired) electrons. The zero-order valence-electron chi connectivity index (χ0n) is 19.2. The number of thiazole rings is 1. The molecule has 36 heavy (non-hydrogen) atoms. The number of carbonyl (C=O) groups is 2. The van der Waals surface area contributed by atoms with Gasteiger partial charge in [-0.25, -0.2) is 9.37 Å². The second kappa shape index (κ2) is 9.33. The van der Waals surface area contributed by atoms with Gasteiger partial charge in [-0.3, -0.25) is 19.5 Å². The fraction of sp³-hybridized carbons (Fsp3) is 0.154. The third-order valence-electron chi connectivity index (χ3n) is 5.79. The van der Waals surface area contributed by atoms with Crippen LogP contribution in [0.3, 0.4) is 0 Å². The molecule has 2 aromatic carbocycles. The van der Waals surface area contributed by atoms with Crippen LogP contribution in [0.2, 0.25) is 5.02 Å². The molecule has 3 heterocycles. The van der Waals surface area contributed by atoms with Crippen molar-refractivity contribution in [1.29, 1.82) is 0 Å². The minimum atomic E-state index is -1.04. The van der Waals surface area contributed by atoms with Gasteiger partial charge < -0.3 is 9.84 Å². The van der Waals surface area contributed by atoms with Crippen LogP contribution in [0.1, 0.15) is 29.8 Å². The molecule has 182 valence electrons. The summed E-state index contributed by atoms with van der Waals surface area (Å²) in [6.45, 7) is 4.17. The van der Waals surface area contributed by atoms with E-state index in [1.54, 1.807) is 36.4 Å². The van der Waals surface area contributed by atoms with Crippen LogP contribution in [0.15, 0.2) is 60.3 Å². The van der Waals surface area contributed by atoms with E-state index in [-0.39, 0.29) is 21.5 Å². The Kier molecular flexibility index (Phi) is 6.19. The highest BCUT2D eigenvalue weighted by atomic mass is 35.5. The lowest BCUT2D eigenvalue weighted by molar-refractivity contribution is -0.132. The lowest BCUT2D eigenvalue weighted by Gasteiger charge is -2.22. The molecule has 1 N–H and O–H groups in total. The lowest BCUT2D eigenvalue weighted by atomic mass is 9.97. The van der Waals surface area contributed by atoms with Crippen molar-refractivity contribution in [1.82, 2.24) is 9.97 Å². The average Bonchev–Trinajstić information content (AvgIpc) is 3.38. The van der Waals surface area contributed by atoms with Gasteiger partial charge in [-0.15, -0.1) is 0 Å². The van der Waals surface area contributed by atoms with E-state index in [4.69, 9.17) is 16.3 Å². The van der Waals surface area contributed by atoms with E-state index in [1.165, 1.54) is 23.2 Å². The first-order valence-electron chi connectivity index (χ1n) is 11.0. The minimum Gasteiger partial charge on any atom is -0.507 e. The number of halogens is 2. The molecule has 0 aliphatic carbocycles. The van der Waals surface area contributed by atoms with E-state index in [9.17, 15) is 19.1 Å². The van der Waals surface area contributed by atoms with Crippen LogP contribution in [-0.4, -0.2) is 33.4 Å². The van der Waals surface area contributed by atoms with Gasteiger partial charge in [0.15, 0.2) is 5.13 Å². The largest absolute Gasteiger partial charge is 0.507 e. The summed E-state index contributed by atoms with van der Waals surface area (Å²) in [6, 6.07) is 11.6. The number of nitrogens with zero attached hydrogens (tertiary/aromatic N) is 3. The van der Waals surface area contributed by atoms with E-state index >= 15 is 0 Å². The second-order valence-corrected chi connectivity index (χ2v) is 9.48. The number of aromatic nitrogens is 2. The molecule has 10 heteroatoms. The van der Waals surface area contributed by atoms with Crippen molar-refractivity contribution in [2.24, 2.45) is 0 Å². The summed E-state index contributed by atoms with van der Waals surface area (Å²) in [5, 5.41) is 11.3. The maximum atomic E-state index is 14.0. The van der Waals surface area contributed by atoms with Gasteiger partial charge in [-0.1, -0.05) is 29.0 Å². The number of fused-ring (bicyclic) bond motifs is 1. The van der Waals surface area contributed by atoms with E-state index in [0.29, 0.717) is 33.8 Å². The van der Waals surface area contributed by atoms with Gasteiger partial charge in [0.2, 0.25) is 0 Å². The van der Waals surface area contributed by atoms with Gasteiger partial charge in [-0.05, 0) is 61.9 Å². The number of benzene rings is 2. The van der Waals surface area contributed by atoms with E-state index < -0.39 is 23.5 Å². The predicted octanol–water partition coefficient (Wildman–Crippen LogP) is 5.82. The smallest absolute Gasteiger partial charge is 0.301 e. The van der Waals surface area contributed by atoms with Crippen molar-refractivity contribution in [3.63, 3.8) is 0 Å². The number of Topliss-reactive ketones (excluding diaryl/α,β-unsaturated/α-hetero) is 1. The number of aryl methyl sites for hydroxylation is 1. The molecule has 0 spiro atoms. The molecule has 1 aliphatic heterocycles. The van der Waals surface area contributed by atoms with Crippen LogP contribution in [0.5, 0.6) is 5.75 Å². The SMILES string of the molecule is CCOc1ccc(/C(O)=C2\C(=O)C(=O)N(c3nc4cc(Cl)c(F)cc4s3)C2c2ccccn2)cc1C. The topological polar surface area (TPSA) is 92.6 Å². The first-order chi connectivity index (χ1) is 17.3. The summed E-state index contributed by atoms with van der Waals surface area (Å²) in [5.41, 5.74) is 1.74. The number of amides is 1. The Hall–Kier alpha value is -3.82. The predicted molar refractivity (Wildman–Crippen MR) is 136 cm³/mol. The summed E-state index contributed by atoms with van der Waals surface area (Å²) in [6.07, 6.45) is 1.53. The molecule has 1 aliphatic rings. The Morgan fingerprint density at radius 2 is 2.03 bits per heavy atom. The molecule has 4 aromatic rings. The number of pyridine rings is 1. The maximum Gasteiger partial charge on any atom is 0.301 e. The number of anilines is 1. The van der Waals surface area contributed by atoms with Gasteiger partial charge in [0.05, 0.1) is 33.1 Å². The summed E-state index contributed by atoms with van der Waals surface area (Å²) < 4.78 is 20.1. The van der Waals surface area contributed by atoms with Gasteiger partial charge in [0.25, 0.3) is 5.78 Å². The Bertz CT molecular complexity index is 1510. The Morgan fingerprint density at radius 1 is 1.22 bits per heavy atom. The molecule has 1 saturated heterocycles. The van der Waals surface area contributed by atoms with Gasteiger partial charge in [-0.2, -0.15) is 0 Å². The monoisotopic (exact) mass is 523 g/mol. The van der Waals surface area contributed by atoms with Crippen molar-refractivity contribution in [3.05, 3.63) is 88.0 Å². The average molecular weight is 524 g/mol. The number of ether oxygens (including phenoxy) is 1. The highest BCUT2D eigenvalue weighted by molar-refractivity contribution is 7.22. The number of carbonyl (C=O) groups excluding carboxylic acids is 2. The molecule has 2 aromatic heterocycles. The Balaban J connectivity index is 1.69. The van der Waals surface area contributed by atoms with Gasteiger partial charge in [0, 0.05) is 11.8 Å². The van der Waals surface area contributed by atoms with Crippen molar-refractivity contribution in [2.75, 3.05) is 11.5 Å². The van der Waals surface area contributed by atoms with Gasteiger partial charge in [0.1, 0.15) is 23.4 Å². The number of hydrogen-bond donors (Lipinski definition) is 1. The van der Waals surface area contributed by atoms with Crippen LogP contribution in [-0.2, 0) is 9.59 Å². The molecule has 7 nitrogen and oxygen atoms in total. The molecule has 1 amide bonds. The van der Waals surface area contributed by atoms with E-state index in [1.807, 2.05) is 13.8 Å². The third-order valence-corrected chi connectivity index (χ3v) is 7.09. The van der Waals surface area contributed by atoms with Crippen LogP contribution in [0.25, 0.3) is 16.0 Å². The summed E-state index contributed by atoms with van der Waals surface area (Å²) >= 11 is 6.94. The van der Waals surface area contributed by atoms with Gasteiger partial charge >= 0.3 is 5.91 Å². The van der Waals surface area contributed by atoms with Crippen LogP contribution in [0.4, 0.5) is 9.52 Å². The number of aliphatic hydroxyl groups is 1. The number of hydrogen-bond acceptors (Lipinski definition) is 7. The number of ketones is 1. The van der Waals surface area contributed by atoms with E-state index in [0.717, 1.165) is 16.9 Å². The fourth-order valence-electron chi connectivity index (χ4n) is 4.13. The first kappa shape index (κ1) is 23.9. The number of rotatable bonds is 5. The lowest BCUT2D eigenvalue weighted by Crippen LogP contribution is -2.29. The highest BCUT2D eigenvalue weighted by Crippen LogP contribution is 2.44. The second-order valence-electron chi connectivity index (χ2n) is 8.07. The normalized spacial score (nSPS) is 17.2. The zero-order valence-corrected chi connectivity index (χ0v) is 20.7. The fourth-order valence-corrected chi connectivity index (χ4v) is 5.29. The minimum absolute atomic E-state index is 0.103. The molecule has 5 rings (SSSR count). The Morgan fingerprint density at radius 3 is 2.72 bits per heavy atom. The van der Waals surface area contributed by atoms with Crippen LogP contribution >= 0.6 is 22.9 Å². The van der Waals surface area contributed by atoms with Crippen LogP contribution in [0, 0.1) is 12.7 Å². The molecule has 0 bridgehead atoms. The molecule has 1 atom stereocenters. The number of aliphatic hydroxyl groups excluding tert-OH is 1. The molecular formula is C26H19ClFN3O4S. The van der Waals surface area contributed by atoms with E-state index in [2.05, 4.69) is 9.97 Å². The summed E-state index contributed by atoms with van der Waals surface area (Å²) in [4.78, 5) is 36.6. The van der Waals surface area contributed by atoms with Crippen molar-refractivity contribution >= 4 is 55.7 Å². The highest BCUT2D eigenvalue weighted by Gasteiger charge is 2.48. The zero-order chi connectivity index (χ0) is 25.6. The maximum absolute atomic E-state index is 14.0. The molecular weight excluding hydrogens is 505 g/mol. The van der Waals surface area contributed by atoms with Crippen molar-refractivity contribution < 1.29 is 23.8 Å². The van der Waals surface area contributed by atoms with Crippen molar-refractivity contribution in [3.8, 4) is 5.75 Å². The summed E-state index contributed by atoms with van der Waals surface area (Å²) in [5.74, 6) is -2.06. The summed E-state index contributed by atoms with van der Waals surface area (Å²) in [7, 11) is 0.